The molecule has 1 unspecified atom stereocenters. The Bertz CT molecular complexity index is 473. The number of benzene rings is 1. The molecule has 0 aromatic heterocycles. The van der Waals surface area contributed by atoms with E-state index in [1.54, 1.807) is 0 Å². The third-order valence-electron chi connectivity index (χ3n) is 5.11. The number of likely N-dealkylation sites (N-methyl/N-ethyl adjacent to an activating group) is 2. The lowest BCUT2D eigenvalue weighted by Crippen LogP contribution is -2.55. The zero-order valence-corrected chi connectivity index (χ0v) is 14.6. The Kier molecular flexibility index (Phi) is 4.99. The lowest BCUT2D eigenvalue weighted by Gasteiger charge is -2.41. The molecule has 1 heterocycles. The van der Waals surface area contributed by atoms with Gasteiger partial charge >= 0.3 is 0 Å². The molecule has 116 valence electrons. The molecule has 1 atom stereocenters. The zero-order valence-electron chi connectivity index (χ0n) is 13.1. The predicted molar refractivity (Wildman–Crippen MR) is 91.8 cm³/mol. The van der Waals surface area contributed by atoms with Crippen LogP contribution in [0.15, 0.2) is 28.7 Å². The first-order chi connectivity index (χ1) is 10.1. The molecule has 0 amide bonds. The number of rotatable bonds is 4. The van der Waals surface area contributed by atoms with Crippen molar-refractivity contribution in [3.63, 3.8) is 0 Å². The molecule has 3 nitrogen and oxygen atoms in total. The van der Waals surface area contributed by atoms with Crippen molar-refractivity contribution >= 4 is 15.9 Å². The normalized spacial score (nSPS) is 31.1. The molecule has 3 rings (SSSR count). The minimum Gasteiger partial charge on any atom is -0.312 e. The number of halogens is 1. The molecule has 0 bridgehead atoms. The van der Waals surface area contributed by atoms with Crippen molar-refractivity contribution in [3.05, 3.63) is 34.3 Å². The Labute approximate surface area is 136 Å². The van der Waals surface area contributed by atoms with Gasteiger partial charge in [0.15, 0.2) is 0 Å². The van der Waals surface area contributed by atoms with E-state index in [4.69, 9.17) is 0 Å². The predicted octanol–water partition coefficient (Wildman–Crippen LogP) is 2.53. The van der Waals surface area contributed by atoms with Crippen molar-refractivity contribution in [2.75, 3.05) is 40.3 Å². The van der Waals surface area contributed by atoms with E-state index in [0.29, 0.717) is 12.1 Å². The van der Waals surface area contributed by atoms with Crippen molar-refractivity contribution in [2.24, 2.45) is 0 Å². The second kappa shape index (κ2) is 6.78. The van der Waals surface area contributed by atoms with Crippen LogP contribution in [0.25, 0.3) is 0 Å². The summed E-state index contributed by atoms with van der Waals surface area (Å²) in [6.07, 6.45) is 2.55. The summed E-state index contributed by atoms with van der Waals surface area (Å²) in [7, 11) is 4.48. The molecule has 2 fully saturated rings. The third-order valence-corrected chi connectivity index (χ3v) is 5.83. The zero-order chi connectivity index (χ0) is 14.8. The van der Waals surface area contributed by atoms with Gasteiger partial charge in [0.2, 0.25) is 0 Å². The van der Waals surface area contributed by atoms with Gasteiger partial charge in [-0.1, -0.05) is 34.1 Å². The maximum atomic E-state index is 3.78. The SMILES string of the molecule is CN1CCN(C)C(CNC2CC(c3ccccc3Br)C2)C1. The maximum Gasteiger partial charge on any atom is 0.0345 e. The van der Waals surface area contributed by atoms with Crippen LogP contribution in [0.4, 0.5) is 0 Å². The van der Waals surface area contributed by atoms with E-state index in [1.165, 1.54) is 42.5 Å². The summed E-state index contributed by atoms with van der Waals surface area (Å²) in [6.45, 7) is 4.69. The molecule has 1 aliphatic carbocycles. The average Bonchev–Trinajstić information content (AvgIpc) is 2.42. The van der Waals surface area contributed by atoms with Crippen LogP contribution in [0.5, 0.6) is 0 Å². The van der Waals surface area contributed by atoms with E-state index in [2.05, 4.69) is 69.4 Å². The van der Waals surface area contributed by atoms with E-state index in [0.717, 1.165) is 12.5 Å². The number of nitrogens with one attached hydrogen (secondary N) is 1. The number of hydrogen-bond acceptors (Lipinski definition) is 3. The Hall–Kier alpha value is -0.420. The molecule has 0 radical (unpaired) electrons. The fourth-order valence-electron chi connectivity index (χ4n) is 3.47. The quantitative estimate of drug-likeness (QED) is 0.899. The van der Waals surface area contributed by atoms with E-state index in [-0.39, 0.29) is 0 Å². The van der Waals surface area contributed by atoms with Gasteiger partial charge in [-0.15, -0.1) is 0 Å². The monoisotopic (exact) mass is 351 g/mol. The first-order valence-corrected chi connectivity index (χ1v) is 8.79. The molecular weight excluding hydrogens is 326 g/mol. The van der Waals surface area contributed by atoms with Crippen molar-refractivity contribution in [3.8, 4) is 0 Å². The summed E-state index contributed by atoms with van der Waals surface area (Å²) in [5.74, 6) is 0.727. The third kappa shape index (κ3) is 3.67. The van der Waals surface area contributed by atoms with Gasteiger partial charge in [-0.25, -0.2) is 0 Å². The van der Waals surface area contributed by atoms with E-state index in [1.807, 2.05) is 0 Å². The van der Waals surface area contributed by atoms with Crippen LogP contribution in [0.2, 0.25) is 0 Å². The molecule has 1 aromatic carbocycles. The molecule has 1 saturated heterocycles. The summed E-state index contributed by atoms with van der Waals surface area (Å²) >= 11 is 3.67. The van der Waals surface area contributed by atoms with Crippen LogP contribution < -0.4 is 5.32 Å². The van der Waals surface area contributed by atoms with Crippen molar-refractivity contribution in [1.82, 2.24) is 15.1 Å². The van der Waals surface area contributed by atoms with Crippen LogP contribution in [0, 0.1) is 0 Å². The molecule has 0 spiro atoms. The van der Waals surface area contributed by atoms with Gasteiger partial charge in [0.25, 0.3) is 0 Å². The Balaban J connectivity index is 1.44. The Morgan fingerprint density at radius 3 is 2.71 bits per heavy atom. The molecule has 2 aliphatic rings. The van der Waals surface area contributed by atoms with Crippen LogP contribution >= 0.6 is 15.9 Å². The Morgan fingerprint density at radius 1 is 1.19 bits per heavy atom. The lowest BCUT2D eigenvalue weighted by molar-refractivity contribution is 0.107. The molecule has 4 heteroatoms. The highest BCUT2D eigenvalue weighted by Gasteiger charge is 2.32. The summed E-state index contributed by atoms with van der Waals surface area (Å²) < 4.78 is 1.27. The van der Waals surface area contributed by atoms with E-state index in [9.17, 15) is 0 Å². The summed E-state index contributed by atoms with van der Waals surface area (Å²) in [6, 6.07) is 10.0. The van der Waals surface area contributed by atoms with Gasteiger partial charge in [0, 0.05) is 42.7 Å². The van der Waals surface area contributed by atoms with Crippen LogP contribution in [-0.2, 0) is 0 Å². The topological polar surface area (TPSA) is 18.5 Å². The largest absolute Gasteiger partial charge is 0.312 e. The van der Waals surface area contributed by atoms with Gasteiger partial charge in [-0.05, 0) is 44.5 Å². The summed E-state index contributed by atoms with van der Waals surface area (Å²) in [4.78, 5) is 4.94. The molecule has 1 N–H and O–H groups in total. The van der Waals surface area contributed by atoms with E-state index < -0.39 is 0 Å². The number of hydrogen-bond donors (Lipinski definition) is 1. The van der Waals surface area contributed by atoms with E-state index >= 15 is 0 Å². The number of nitrogens with zero attached hydrogens (tertiary/aromatic N) is 2. The molecule has 1 saturated carbocycles. The highest BCUT2D eigenvalue weighted by atomic mass is 79.9. The fraction of sp³-hybridized carbons (Fsp3) is 0.647. The summed E-state index contributed by atoms with van der Waals surface area (Å²) in [5.41, 5.74) is 1.48. The van der Waals surface area contributed by atoms with Gasteiger partial charge < -0.3 is 10.2 Å². The Morgan fingerprint density at radius 2 is 1.95 bits per heavy atom. The second-order valence-electron chi connectivity index (χ2n) is 6.69. The van der Waals surface area contributed by atoms with Crippen LogP contribution in [-0.4, -0.2) is 62.2 Å². The van der Waals surface area contributed by atoms with Gasteiger partial charge in [-0.2, -0.15) is 0 Å². The minimum absolute atomic E-state index is 0.659. The van der Waals surface area contributed by atoms with Gasteiger partial charge in [-0.3, -0.25) is 4.90 Å². The van der Waals surface area contributed by atoms with Gasteiger partial charge in [0.05, 0.1) is 0 Å². The molecule has 1 aromatic rings. The second-order valence-corrected chi connectivity index (χ2v) is 7.55. The molecule has 21 heavy (non-hydrogen) atoms. The van der Waals surface area contributed by atoms with Crippen LogP contribution in [0.3, 0.4) is 0 Å². The first-order valence-electron chi connectivity index (χ1n) is 8.00. The van der Waals surface area contributed by atoms with Crippen molar-refractivity contribution < 1.29 is 0 Å². The first kappa shape index (κ1) is 15.5. The van der Waals surface area contributed by atoms with Crippen LogP contribution in [0.1, 0.15) is 24.3 Å². The molecular formula is C17H26BrN3. The minimum atomic E-state index is 0.659. The fourth-order valence-corrected chi connectivity index (χ4v) is 4.08. The smallest absolute Gasteiger partial charge is 0.0345 e. The molecule has 1 aliphatic heterocycles. The average molecular weight is 352 g/mol. The standard InChI is InChI=1S/C17H26BrN3/c1-20-7-8-21(2)15(12-20)11-19-14-9-13(10-14)16-5-3-4-6-17(16)18/h3-6,13-15,19H,7-12H2,1-2H3. The highest BCUT2D eigenvalue weighted by Crippen LogP contribution is 2.39. The highest BCUT2D eigenvalue weighted by molar-refractivity contribution is 9.10. The van der Waals surface area contributed by atoms with Crippen molar-refractivity contribution in [1.29, 1.82) is 0 Å². The maximum absolute atomic E-state index is 3.78. The lowest BCUT2D eigenvalue weighted by atomic mass is 9.76. The van der Waals surface area contributed by atoms with Crippen molar-refractivity contribution in [2.45, 2.75) is 30.8 Å². The number of piperazine rings is 1. The van der Waals surface area contributed by atoms with Gasteiger partial charge in [0.1, 0.15) is 0 Å². The summed E-state index contributed by atoms with van der Waals surface area (Å²) in [5, 5.41) is 3.78.